The molecule has 1 N–H and O–H groups in total. The zero-order chi connectivity index (χ0) is 24.0. The smallest absolute Gasteiger partial charge is 0.269 e. The van der Waals surface area contributed by atoms with Crippen LogP contribution in [0.25, 0.3) is 0 Å². The highest BCUT2D eigenvalue weighted by molar-refractivity contribution is 7.99. The normalized spacial score (nSPS) is 11.6. The van der Waals surface area contributed by atoms with E-state index in [0.717, 1.165) is 16.9 Å². The van der Waals surface area contributed by atoms with Gasteiger partial charge < -0.3 is 10.1 Å². The summed E-state index contributed by atoms with van der Waals surface area (Å²) in [5.74, 6) is 1.22. The molecule has 33 heavy (non-hydrogen) atoms. The second kappa shape index (κ2) is 10.8. The number of allylic oxidation sites excluding steroid dienone is 1. The highest BCUT2D eigenvalue weighted by Crippen LogP contribution is 2.26. The van der Waals surface area contributed by atoms with E-state index < -0.39 is 4.92 Å². The maximum atomic E-state index is 12.4. The number of non-ortho nitro benzene ring substituents is 1. The van der Waals surface area contributed by atoms with Gasteiger partial charge in [0.2, 0.25) is 5.91 Å². The molecule has 2 aromatic carbocycles. The highest BCUT2D eigenvalue weighted by atomic mass is 32.2. The van der Waals surface area contributed by atoms with Gasteiger partial charge in [0.05, 0.1) is 10.7 Å². The number of thioether (sulfide) groups is 1. The summed E-state index contributed by atoms with van der Waals surface area (Å²) in [7, 11) is 0. The zero-order valence-electron chi connectivity index (χ0n) is 18.6. The van der Waals surface area contributed by atoms with Gasteiger partial charge in [-0.2, -0.15) is 0 Å². The molecule has 0 spiro atoms. The molecular formula is C23H25N5O4S. The van der Waals surface area contributed by atoms with E-state index in [0.29, 0.717) is 23.2 Å². The lowest BCUT2D eigenvalue weighted by atomic mass is 10.1. The van der Waals surface area contributed by atoms with Gasteiger partial charge >= 0.3 is 0 Å². The fourth-order valence-corrected chi connectivity index (χ4v) is 4.01. The van der Waals surface area contributed by atoms with Gasteiger partial charge in [0, 0.05) is 24.4 Å². The number of carbonyl (C=O) groups excluding carboxylic acids is 1. The van der Waals surface area contributed by atoms with Crippen molar-refractivity contribution in [2.24, 2.45) is 0 Å². The van der Waals surface area contributed by atoms with E-state index in [1.807, 2.05) is 37.5 Å². The van der Waals surface area contributed by atoms with Crippen LogP contribution in [0.15, 0.2) is 60.3 Å². The Morgan fingerprint density at radius 2 is 1.91 bits per heavy atom. The van der Waals surface area contributed by atoms with Crippen LogP contribution in [0, 0.1) is 24.0 Å². The van der Waals surface area contributed by atoms with Crippen LogP contribution in [0.2, 0.25) is 0 Å². The summed E-state index contributed by atoms with van der Waals surface area (Å²) < 4.78 is 7.96. The van der Waals surface area contributed by atoms with Crippen molar-refractivity contribution in [3.05, 3.63) is 82.2 Å². The van der Waals surface area contributed by atoms with E-state index in [1.54, 1.807) is 6.08 Å². The average Bonchev–Trinajstić information content (AvgIpc) is 3.15. The molecule has 0 aliphatic rings. The summed E-state index contributed by atoms with van der Waals surface area (Å²) in [5.41, 5.74) is 2.67. The molecule has 3 rings (SSSR count). The lowest BCUT2D eigenvalue weighted by molar-refractivity contribution is -0.384. The Hall–Kier alpha value is -3.66. The van der Waals surface area contributed by atoms with E-state index in [9.17, 15) is 14.9 Å². The van der Waals surface area contributed by atoms with E-state index >= 15 is 0 Å². The molecule has 0 fully saturated rings. The lowest BCUT2D eigenvalue weighted by Gasteiger charge is -2.16. The number of nitrogens with one attached hydrogen (secondary N) is 1. The molecule has 0 radical (unpaired) electrons. The number of benzene rings is 2. The van der Waals surface area contributed by atoms with Crippen molar-refractivity contribution in [3.63, 3.8) is 0 Å². The van der Waals surface area contributed by atoms with Crippen molar-refractivity contribution >= 4 is 29.0 Å². The third kappa shape index (κ3) is 6.42. The minimum absolute atomic E-state index is 0.0374. The summed E-state index contributed by atoms with van der Waals surface area (Å²) >= 11 is 1.24. The molecule has 0 aliphatic heterocycles. The number of aromatic nitrogens is 3. The number of amides is 1. The zero-order valence-corrected chi connectivity index (χ0v) is 19.5. The molecule has 1 atom stereocenters. The second-order valence-corrected chi connectivity index (χ2v) is 8.41. The van der Waals surface area contributed by atoms with Crippen LogP contribution in [-0.4, -0.2) is 31.3 Å². The van der Waals surface area contributed by atoms with E-state index in [-0.39, 0.29) is 23.5 Å². The number of rotatable bonds is 10. The number of hydrogen-bond donors (Lipinski definition) is 1. The molecule has 1 aromatic heterocycles. The van der Waals surface area contributed by atoms with Crippen LogP contribution in [0.4, 0.5) is 11.4 Å². The first-order valence-corrected chi connectivity index (χ1v) is 11.2. The summed E-state index contributed by atoms with van der Waals surface area (Å²) in [6, 6.07) is 11.7. The summed E-state index contributed by atoms with van der Waals surface area (Å²) in [5, 5.41) is 22.6. The number of nitrogens with zero attached hydrogens (tertiary/aromatic N) is 4. The standard InChI is InChI=1S/C23H25N5O4S/c1-5-10-27-22(17(4)32-20-12-15(2)11-16(3)13-20)25-26-23(27)33-14-21(29)24-18-6-8-19(9-7-18)28(30)31/h5-9,11-13,17H,1,10,14H2,2-4H3,(H,24,29). The van der Waals surface area contributed by atoms with Gasteiger partial charge in [-0.15, -0.1) is 16.8 Å². The van der Waals surface area contributed by atoms with Gasteiger partial charge in [0.1, 0.15) is 5.75 Å². The number of hydrogen-bond acceptors (Lipinski definition) is 7. The molecule has 10 heteroatoms. The Balaban J connectivity index is 1.66. The second-order valence-electron chi connectivity index (χ2n) is 7.46. The SMILES string of the molecule is C=CCn1c(SCC(=O)Nc2ccc([N+](=O)[O-])cc2)nnc1C(C)Oc1cc(C)cc(C)c1. The third-order valence-corrected chi connectivity index (χ3v) is 5.59. The van der Waals surface area contributed by atoms with Crippen molar-refractivity contribution in [3.8, 4) is 5.75 Å². The number of nitro benzene ring substituents is 1. The van der Waals surface area contributed by atoms with Gasteiger partial charge in [-0.1, -0.05) is 23.9 Å². The molecule has 3 aromatic rings. The monoisotopic (exact) mass is 467 g/mol. The maximum Gasteiger partial charge on any atom is 0.269 e. The highest BCUT2D eigenvalue weighted by Gasteiger charge is 2.20. The molecule has 0 bridgehead atoms. The van der Waals surface area contributed by atoms with Gasteiger partial charge in [-0.3, -0.25) is 19.5 Å². The molecule has 0 saturated carbocycles. The van der Waals surface area contributed by atoms with E-state index in [4.69, 9.17) is 4.74 Å². The van der Waals surface area contributed by atoms with Crippen molar-refractivity contribution in [2.45, 2.75) is 38.6 Å². The first-order valence-electron chi connectivity index (χ1n) is 10.2. The quantitative estimate of drug-likeness (QED) is 0.196. The number of ether oxygens (including phenoxy) is 1. The Kier molecular flexibility index (Phi) is 7.83. The maximum absolute atomic E-state index is 12.4. The van der Waals surface area contributed by atoms with Crippen LogP contribution >= 0.6 is 11.8 Å². The molecule has 172 valence electrons. The summed E-state index contributed by atoms with van der Waals surface area (Å²) in [6.07, 6.45) is 1.37. The fourth-order valence-electron chi connectivity index (χ4n) is 3.26. The van der Waals surface area contributed by atoms with Crippen molar-refractivity contribution in [1.82, 2.24) is 14.8 Å². The van der Waals surface area contributed by atoms with Crippen molar-refractivity contribution in [1.29, 1.82) is 0 Å². The molecule has 1 heterocycles. The summed E-state index contributed by atoms with van der Waals surface area (Å²) in [4.78, 5) is 22.6. The van der Waals surface area contributed by atoms with E-state index in [1.165, 1.54) is 36.0 Å². The number of aryl methyl sites for hydroxylation is 2. The molecule has 0 saturated heterocycles. The first-order chi connectivity index (χ1) is 15.8. The number of nitro groups is 1. The largest absolute Gasteiger partial charge is 0.483 e. The topological polar surface area (TPSA) is 112 Å². The number of carbonyl (C=O) groups is 1. The predicted molar refractivity (Wildman–Crippen MR) is 128 cm³/mol. The predicted octanol–water partition coefficient (Wildman–Crippen LogP) is 4.86. The minimum Gasteiger partial charge on any atom is -0.483 e. The average molecular weight is 468 g/mol. The van der Waals surface area contributed by atoms with Gasteiger partial charge in [0.15, 0.2) is 17.1 Å². The summed E-state index contributed by atoms with van der Waals surface area (Å²) in [6.45, 7) is 10.2. The van der Waals surface area contributed by atoms with Gasteiger partial charge in [0.25, 0.3) is 5.69 Å². The minimum atomic E-state index is -0.490. The first kappa shape index (κ1) is 24.0. The lowest BCUT2D eigenvalue weighted by Crippen LogP contribution is -2.15. The molecule has 0 aliphatic carbocycles. The van der Waals surface area contributed by atoms with Crippen LogP contribution < -0.4 is 10.1 Å². The van der Waals surface area contributed by atoms with Crippen LogP contribution in [0.5, 0.6) is 5.75 Å². The molecule has 1 unspecified atom stereocenters. The van der Waals surface area contributed by atoms with Gasteiger partial charge in [-0.25, -0.2) is 0 Å². The Labute approximate surface area is 196 Å². The molecular weight excluding hydrogens is 442 g/mol. The van der Waals surface area contributed by atoms with E-state index in [2.05, 4.69) is 28.2 Å². The van der Waals surface area contributed by atoms with Crippen molar-refractivity contribution in [2.75, 3.05) is 11.1 Å². The van der Waals surface area contributed by atoms with Crippen LogP contribution in [0.3, 0.4) is 0 Å². The fraction of sp³-hybridized carbons (Fsp3) is 0.261. The van der Waals surface area contributed by atoms with Crippen LogP contribution in [0.1, 0.15) is 30.0 Å². The Morgan fingerprint density at radius 1 is 1.24 bits per heavy atom. The molecule has 9 nitrogen and oxygen atoms in total. The van der Waals surface area contributed by atoms with Gasteiger partial charge in [-0.05, 0) is 56.2 Å². The Morgan fingerprint density at radius 3 is 2.52 bits per heavy atom. The Bertz CT molecular complexity index is 1140. The molecule has 1 amide bonds. The number of anilines is 1. The van der Waals surface area contributed by atoms with Crippen LogP contribution in [-0.2, 0) is 11.3 Å². The van der Waals surface area contributed by atoms with Crippen molar-refractivity contribution < 1.29 is 14.5 Å². The third-order valence-electron chi connectivity index (χ3n) is 4.62.